The number of aliphatic carboxylic acids is 1. The number of hydrogen-bond donors (Lipinski definition) is 1. The molecule has 2 aromatic carbocycles. The highest BCUT2D eigenvalue weighted by molar-refractivity contribution is 8.18. The van der Waals surface area contributed by atoms with Gasteiger partial charge < -0.3 is 5.11 Å². The highest BCUT2D eigenvalue weighted by Gasteiger charge is 2.32. The third-order valence-corrected chi connectivity index (χ3v) is 5.40. The lowest BCUT2D eigenvalue weighted by atomic mass is 10.2. The topological polar surface area (TPSA) is 82.3 Å². The largest absolute Gasteiger partial charge is 0.481 e. The Morgan fingerprint density at radius 1 is 0.969 bits per heavy atom. The first-order chi connectivity index (χ1) is 15.6. The van der Waals surface area contributed by atoms with Crippen molar-refractivity contribution in [3.63, 3.8) is 0 Å². The highest BCUT2D eigenvalue weighted by Crippen LogP contribution is 2.31. The van der Waals surface area contributed by atoms with Crippen LogP contribution in [0.4, 0.5) is 0 Å². The maximum absolute atomic E-state index is 12.8. The molecule has 7 heteroatoms. The molecule has 0 unspecified atom stereocenters. The van der Waals surface area contributed by atoms with Crippen LogP contribution in [0, 0.1) is 0 Å². The van der Waals surface area contributed by atoms with Gasteiger partial charge in [-0.3, -0.25) is 14.5 Å². The zero-order chi connectivity index (χ0) is 22.6. The van der Waals surface area contributed by atoms with Crippen LogP contribution in [0.1, 0.15) is 24.0 Å². The Balaban J connectivity index is 1.71. The number of thioether (sulfide) groups is 1. The van der Waals surface area contributed by atoms with Gasteiger partial charge in [-0.2, -0.15) is 5.10 Å². The number of amidine groups is 1. The van der Waals surface area contributed by atoms with E-state index >= 15 is 0 Å². The molecule has 1 fully saturated rings. The SMILES string of the molecule is O=C(O)CCCN1C(=O)C(=CC=Cc2ccccc2)SC1=NN=CC=Cc1ccccc1. The quantitative estimate of drug-likeness (QED) is 0.332. The normalized spacial score (nSPS) is 17.0. The molecule has 1 amide bonds. The molecule has 1 aliphatic heterocycles. The number of rotatable bonds is 9. The molecule has 32 heavy (non-hydrogen) atoms. The summed E-state index contributed by atoms with van der Waals surface area (Å²) in [5.41, 5.74) is 2.07. The van der Waals surface area contributed by atoms with Crippen molar-refractivity contribution in [2.24, 2.45) is 10.2 Å². The molecular formula is C25H23N3O3S. The van der Waals surface area contributed by atoms with E-state index in [1.165, 1.54) is 16.7 Å². The lowest BCUT2D eigenvalue weighted by molar-refractivity contribution is -0.137. The number of amides is 1. The van der Waals surface area contributed by atoms with Gasteiger partial charge >= 0.3 is 5.97 Å². The molecule has 1 heterocycles. The van der Waals surface area contributed by atoms with Gasteiger partial charge in [0.2, 0.25) is 0 Å². The van der Waals surface area contributed by atoms with Crippen molar-refractivity contribution >= 4 is 47.2 Å². The lowest BCUT2D eigenvalue weighted by Gasteiger charge is -2.13. The molecule has 1 N–H and O–H groups in total. The second-order valence-corrected chi connectivity index (χ2v) is 7.78. The number of carboxylic acids is 1. The summed E-state index contributed by atoms with van der Waals surface area (Å²) in [5.74, 6) is -1.10. The van der Waals surface area contributed by atoms with Gasteiger partial charge in [-0.15, -0.1) is 5.10 Å². The minimum Gasteiger partial charge on any atom is -0.481 e. The van der Waals surface area contributed by atoms with Crippen molar-refractivity contribution in [1.29, 1.82) is 0 Å². The van der Waals surface area contributed by atoms with Crippen LogP contribution in [-0.4, -0.2) is 39.8 Å². The van der Waals surface area contributed by atoms with Crippen LogP contribution >= 0.6 is 11.8 Å². The minimum absolute atomic E-state index is 0.0161. The van der Waals surface area contributed by atoms with E-state index in [9.17, 15) is 9.59 Å². The van der Waals surface area contributed by atoms with E-state index in [2.05, 4.69) is 10.2 Å². The molecule has 0 bridgehead atoms. The Kier molecular flexibility index (Phi) is 8.77. The smallest absolute Gasteiger partial charge is 0.303 e. The number of allylic oxidation sites excluding steroid dienone is 3. The molecular weight excluding hydrogens is 422 g/mol. The fraction of sp³-hybridized carbons (Fsp3) is 0.120. The van der Waals surface area contributed by atoms with Crippen molar-refractivity contribution in [1.82, 2.24) is 4.90 Å². The van der Waals surface area contributed by atoms with Crippen molar-refractivity contribution in [2.45, 2.75) is 12.8 Å². The van der Waals surface area contributed by atoms with Gasteiger partial charge in [0, 0.05) is 19.2 Å². The van der Waals surface area contributed by atoms with Crippen LogP contribution in [0.5, 0.6) is 0 Å². The van der Waals surface area contributed by atoms with Gasteiger partial charge in [0.1, 0.15) is 0 Å². The van der Waals surface area contributed by atoms with E-state index < -0.39 is 5.97 Å². The summed E-state index contributed by atoms with van der Waals surface area (Å²) >= 11 is 1.23. The summed E-state index contributed by atoms with van der Waals surface area (Å²) in [6.45, 7) is 0.270. The van der Waals surface area contributed by atoms with Crippen LogP contribution in [0.25, 0.3) is 12.2 Å². The fourth-order valence-corrected chi connectivity index (χ4v) is 3.75. The van der Waals surface area contributed by atoms with Crippen LogP contribution in [0.15, 0.2) is 94.0 Å². The maximum atomic E-state index is 12.8. The number of hydrogen-bond acceptors (Lipinski definition) is 5. The summed E-state index contributed by atoms with van der Waals surface area (Å²) in [6.07, 6.45) is 11.0. The molecule has 162 valence electrons. The molecule has 0 aliphatic carbocycles. The Hall–Kier alpha value is -3.71. The minimum atomic E-state index is -0.895. The molecule has 0 atom stereocenters. The molecule has 0 radical (unpaired) electrons. The van der Waals surface area contributed by atoms with Crippen molar-refractivity contribution in [3.05, 3.63) is 94.9 Å². The van der Waals surface area contributed by atoms with E-state index in [1.54, 1.807) is 18.4 Å². The van der Waals surface area contributed by atoms with Gasteiger partial charge in [-0.05, 0) is 41.5 Å². The van der Waals surface area contributed by atoms with Gasteiger partial charge in [0.05, 0.1) is 4.91 Å². The first-order valence-electron chi connectivity index (χ1n) is 10.1. The first-order valence-corrected chi connectivity index (χ1v) is 10.9. The van der Waals surface area contributed by atoms with Gasteiger partial charge in [0.25, 0.3) is 5.91 Å². The Morgan fingerprint density at radius 3 is 2.22 bits per heavy atom. The predicted molar refractivity (Wildman–Crippen MR) is 131 cm³/mol. The summed E-state index contributed by atoms with van der Waals surface area (Å²) in [6, 6.07) is 19.6. The second kappa shape index (κ2) is 12.2. The Morgan fingerprint density at radius 2 is 1.59 bits per heavy atom. The third kappa shape index (κ3) is 7.21. The molecule has 2 aromatic rings. The number of carbonyl (C=O) groups is 2. The van der Waals surface area contributed by atoms with E-state index in [-0.39, 0.29) is 18.9 Å². The zero-order valence-electron chi connectivity index (χ0n) is 17.4. The number of benzene rings is 2. The molecule has 6 nitrogen and oxygen atoms in total. The van der Waals surface area contributed by atoms with Crippen LogP contribution in [0.2, 0.25) is 0 Å². The van der Waals surface area contributed by atoms with E-state index in [0.717, 1.165) is 11.1 Å². The molecule has 1 aliphatic rings. The fourth-order valence-electron chi connectivity index (χ4n) is 2.83. The lowest BCUT2D eigenvalue weighted by Crippen LogP contribution is -2.30. The van der Waals surface area contributed by atoms with Crippen LogP contribution < -0.4 is 0 Å². The predicted octanol–water partition coefficient (Wildman–Crippen LogP) is 5.08. The number of nitrogens with zero attached hydrogens (tertiary/aromatic N) is 3. The summed E-state index contributed by atoms with van der Waals surface area (Å²) in [7, 11) is 0. The van der Waals surface area contributed by atoms with E-state index in [4.69, 9.17) is 5.11 Å². The molecule has 0 aromatic heterocycles. The van der Waals surface area contributed by atoms with Crippen LogP contribution in [-0.2, 0) is 9.59 Å². The number of carboxylic acid groups (broad SMARTS) is 1. The van der Waals surface area contributed by atoms with E-state index in [1.807, 2.05) is 78.9 Å². The van der Waals surface area contributed by atoms with Gasteiger partial charge in [-0.1, -0.05) is 78.9 Å². The Bertz CT molecular complexity index is 1070. The summed E-state index contributed by atoms with van der Waals surface area (Å²) < 4.78 is 0. The van der Waals surface area contributed by atoms with Crippen molar-refractivity contribution in [2.75, 3.05) is 6.54 Å². The van der Waals surface area contributed by atoms with Crippen molar-refractivity contribution in [3.8, 4) is 0 Å². The Labute approximate surface area is 191 Å². The van der Waals surface area contributed by atoms with Gasteiger partial charge in [-0.25, -0.2) is 0 Å². The average molecular weight is 446 g/mol. The summed E-state index contributed by atoms with van der Waals surface area (Å²) in [4.78, 5) is 25.7. The van der Waals surface area contributed by atoms with Gasteiger partial charge in [0.15, 0.2) is 5.17 Å². The third-order valence-electron chi connectivity index (χ3n) is 4.38. The average Bonchev–Trinajstić information content (AvgIpc) is 3.09. The molecule has 0 saturated carbocycles. The standard InChI is InChI=1S/C25H23N3O3S/c29-23(30)17-9-19-28-24(31)22(16-7-14-20-10-3-1-4-11-20)32-25(28)27-26-18-8-15-21-12-5-2-6-13-21/h1-8,10-16,18H,9,17,19H2,(H,29,30). The molecule has 3 rings (SSSR count). The first kappa shape index (κ1) is 23.0. The van der Waals surface area contributed by atoms with E-state index in [0.29, 0.717) is 16.5 Å². The maximum Gasteiger partial charge on any atom is 0.303 e. The summed E-state index contributed by atoms with van der Waals surface area (Å²) in [5, 5.41) is 17.6. The second-order valence-electron chi connectivity index (χ2n) is 6.77. The highest BCUT2D eigenvalue weighted by atomic mass is 32.2. The molecule has 0 spiro atoms. The monoisotopic (exact) mass is 445 g/mol. The van der Waals surface area contributed by atoms with Crippen LogP contribution in [0.3, 0.4) is 0 Å². The number of carbonyl (C=O) groups excluding carboxylic acids is 1. The molecule has 1 saturated heterocycles. The van der Waals surface area contributed by atoms with Crippen molar-refractivity contribution < 1.29 is 14.7 Å². The zero-order valence-corrected chi connectivity index (χ0v) is 18.2.